The Bertz CT molecular complexity index is 1070. The van der Waals surface area contributed by atoms with E-state index in [-0.39, 0.29) is 0 Å². The van der Waals surface area contributed by atoms with E-state index in [9.17, 15) is 9.90 Å². The highest BCUT2D eigenvalue weighted by Gasteiger charge is 2.28. The number of fused-ring (bicyclic) bond motifs is 3. The van der Waals surface area contributed by atoms with Crippen molar-refractivity contribution < 1.29 is 14.6 Å². The molecule has 164 valence electrons. The molecule has 0 amide bonds. The summed E-state index contributed by atoms with van der Waals surface area (Å²) >= 11 is 0. The summed E-state index contributed by atoms with van der Waals surface area (Å²) in [7, 11) is 0. The van der Waals surface area contributed by atoms with Crippen molar-refractivity contribution in [1.29, 1.82) is 0 Å². The van der Waals surface area contributed by atoms with Gasteiger partial charge in [-0.1, -0.05) is 60.7 Å². The van der Waals surface area contributed by atoms with Gasteiger partial charge in [0.1, 0.15) is 6.10 Å². The number of anilines is 2. The third-order valence-corrected chi connectivity index (χ3v) is 6.55. The smallest absolute Gasteiger partial charge is 0.450 e. The largest absolute Gasteiger partial charge is 0.506 e. The molecule has 0 saturated heterocycles. The van der Waals surface area contributed by atoms with E-state index in [0.29, 0.717) is 6.54 Å². The number of aryl methyl sites for hydroxylation is 2. The number of para-hydroxylation sites is 2. The third-order valence-electron chi connectivity index (χ3n) is 6.55. The summed E-state index contributed by atoms with van der Waals surface area (Å²) in [5.74, 6) is 0. The van der Waals surface area contributed by atoms with Gasteiger partial charge in [0, 0.05) is 37.6 Å². The quantitative estimate of drug-likeness (QED) is 0.539. The Hall–Kier alpha value is -3.31. The fraction of sp³-hybridized carbons (Fsp3) is 0.296. The van der Waals surface area contributed by atoms with Gasteiger partial charge in [-0.2, -0.15) is 0 Å². The maximum atomic E-state index is 11.2. The van der Waals surface area contributed by atoms with Crippen LogP contribution in [0.2, 0.25) is 0 Å². The van der Waals surface area contributed by atoms with Crippen molar-refractivity contribution in [3.8, 4) is 0 Å². The molecule has 1 unspecified atom stereocenters. The topological polar surface area (TPSA) is 53.0 Å². The van der Waals surface area contributed by atoms with Gasteiger partial charge >= 0.3 is 6.16 Å². The van der Waals surface area contributed by atoms with E-state index in [1.165, 1.54) is 22.5 Å². The maximum absolute atomic E-state index is 11.2. The first-order valence-electron chi connectivity index (χ1n) is 11.3. The van der Waals surface area contributed by atoms with Crippen molar-refractivity contribution >= 4 is 17.5 Å². The normalized spacial score (nSPS) is 17.6. The van der Waals surface area contributed by atoms with Crippen LogP contribution in [0.5, 0.6) is 0 Å². The molecule has 5 rings (SSSR count). The predicted molar refractivity (Wildman–Crippen MR) is 125 cm³/mol. The average Bonchev–Trinajstić information content (AvgIpc) is 2.96. The zero-order valence-electron chi connectivity index (χ0n) is 18.1. The van der Waals surface area contributed by atoms with Gasteiger partial charge in [0.15, 0.2) is 0 Å². The maximum Gasteiger partial charge on any atom is 0.506 e. The Kier molecular flexibility index (Phi) is 5.82. The monoisotopic (exact) mass is 428 g/mol. The number of rotatable bonds is 5. The molecule has 0 aromatic heterocycles. The highest BCUT2D eigenvalue weighted by Crippen LogP contribution is 2.36. The molecule has 32 heavy (non-hydrogen) atoms. The van der Waals surface area contributed by atoms with Crippen LogP contribution in [0.3, 0.4) is 0 Å². The lowest BCUT2D eigenvalue weighted by Crippen LogP contribution is -2.37. The Morgan fingerprint density at radius 2 is 1.44 bits per heavy atom. The SMILES string of the molecule is O=C(O)OC1CN(CCCN2c3ccccc3CCc3ccccc32)Cc2ccccc21. The average molecular weight is 429 g/mol. The van der Waals surface area contributed by atoms with Crippen LogP contribution in [-0.2, 0) is 24.1 Å². The number of hydrogen-bond donors (Lipinski definition) is 1. The summed E-state index contributed by atoms with van der Waals surface area (Å²) < 4.78 is 5.22. The van der Waals surface area contributed by atoms with Crippen molar-refractivity contribution in [2.45, 2.75) is 31.9 Å². The molecule has 0 aliphatic carbocycles. The molecule has 0 bridgehead atoms. The van der Waals surface area contributed by atoms with E-state index in [1.54, 1.807) is 0 Å². The minimum atomic E-state index is -1.22. The van der Waals surface area contributed by atoms with Gasteiger partial charge in [0.25, 0.3) is 0 Å². The summed E-state index contributed by atoms with van der Waals surface area (Å²) in [4.78, 5) is 16.0. The summed E-state index contributed by atoms with van der Waals surface area (Å²) in [6.07, 6.45) is 1.44. The minimum Gasteiger partial charge on any atom is -0.450 e. The van der Waals surface area contributed by atoms with E-state index in [0.717, 1.165) is 50.0 Å². The summed E-state index contributed by atoms with van der Waals surface area (Å²) in [5, 5.41) is 9.19. The number of nitrogens with zero attached hydrogens (tertiary/aromatic N) is 2. The molecule has 1 N–H and O–H groups in total. The second-order valence-electron chi connectivity index (χ2n) is 8.57. The molecule has 2 aliphatic heterocycles. The van der Waals surface area contributed by atoms with Crippen molar-refractivity contribution in [1.82, 2.24) is 4.90 Å². The fourth-order valence-corrected chi connectivity index (χ4v) is 5.09. The van der Waals surface area contributed by atoms with Crippen LogP contribution in [0.25, 0.3) is 0 Å². The minimum absolute atomic E-state index is 0.433. The van der Waals surface area contributed by atoms with Gasteiger partial charge in [-0.3, -0.25) is 4.90 Å². The summed E-state index contributed by atoms with van der Waals surface area (Å²) in [6, 6.07) is 25.4. The lowest BCUT2D eigenvalue weighted by Gasteiger charge is -2.34. The van der Waals surface area contributed by atoms with Crippen LogP contribution in [0.4, 0.5) is 16.2 Å². The molecular weight excluding hydrogens is 400 g/mol. The van der Waals surface area contributed by atoms with Crippen LogP contribution in [-0.4, -0.2) is 35.8 Å². The van der Waals surface area contributed by atoms with Crippen LogP contribution in [0.15, 0.2) is 72.8 Å². The number of ether oxygens (including phenoxy) is 1. The Morgan fingerprint density at radius 3 is 2.09 bits per heavy atom. The van der Waals surface area contributed by atoms with Crippen molar-refractivity contribution in [3.05, 3.63) is 95.1 Å². The second kappa shape index (κ2) is 9.05. The Labute approximate surface area is 188 Å². The van der Waals surface area contributed by atoms with E-state index in [1.807, 2.05) is 18.2 Å². The standard InChI is InChI=1S/C27H28N2O3/c30-27(31)32-26-19-28(18-22-10-1-4-11-23(22)26)16-7-17-29-24-12-5-2-8-20(24)14-15-21-9-3-6-13-25(21)29/h1-6,8-13,26H,7,14-19H2,(H,30,31). The predicted octanol–water partition coefficient (Wildman–Crippen LogP) is 5.56. The lowest BCUT2D eigenvalue weighted by molar-refractivity contribution is 0.0239. The van der Waals surface area contributed by atoms with Crippen LogP contribution in [0, 0.1) is 0 Å². The van der Waals surface area contributed by atoms with Gasteiger partial charge in [-0.15, -0.1) is 0 Å². The van der Waals surface area contributed by atoms with Crippen LogP contribution in [0.1, 0.15) is 34.8 Å². The highest BCUT2D eigenvalue weighted by molar-refractivity contribution is 5.71. The molecule has 0 fully saturated rings. The highest BCUT2D eigenvalue weighted by atomic mass is 16.7. The lowest BCUT2D eigenvalue weighted by atomic mass is 9.97. The zero-order chi connectivity index (χ0) is 21.9. The molecule has 3 aromatic carbocycles. The third kappa shape index (κ3) is 4.21. The fourth-order valence-electron chi connectivity index (χ4n) is 5.09. The van der Waals surface area contributed by atoms with Crippen molar-refractivity contribution in [2.75, 3.05) is 24.5 Å². The summed E-state index contributed by atoms with van der Waals surface area (Å²) in [6.45, 7) is 3.21. The first kappa shape index (κ1) is 20.6. The first-order chi connectivity index (χ1) is 15.7. The van der Waals surface area contributed by atoms with Gasteiger partial charge in [-0.05, 0) is 53.6 Å². The molecule has 2 heterocycles. The molecule has 2 aliphatic rings. The zero-order valence-corrected chi connectivity index (χ0v) is 18.1. The Morgan fingerprint density at radius 1 is 0.844 bits per heavy atom. The van der Waals surface area contributed by atoms with Gasteiger partial charge in [0.2, 0.25) is 0 Å². The van der Waals surface area contributed by atoms with Crippen molar-refractivity contribution in [3.63, 3.8) is 0 Å². The molecule has 0 saturated carbocycles. The first-order valence-corrected chi connectivity index (χ1v) is 11.3. The van der Waals surface area contributed by atoms with Gasteiger partial charge in [-0.25, -0.2) is 4.79 Å². The van der Waals surface area contributed by atoms with E-state index in [2.05, 4.69) is 64.4 Å². The molecule has 5 nitrogen and oxygen atoms in total. The van der Waals surface area contributed by atoms with Crippen LogP contribution >= 0.6 is 0 Å². The molecule has 0 radical (unpaired) electrons. The summed E-state index contributed by atoms with van der Waals surface area (Å²) in [5.41, 5.74) is 7.52. The molecular formula is C27H28N2O3. The number of carboxylic acid groups (broad SMARTS) is 1. The van der Waals surface area contributed by atoms with E-state index >= 15 is 0 Å². The van der Waals surface area contributed by atoms with E-state index < -0.39 is 12.3 Å². The van der Waals surface area contributed by atoms with Crippen molar-refractivity contribution in [2.24, 2.45) is 0 Å². The van der Waals surface area contributed by atoms with Gasteiger partial charge in [0.05, 0.1) is 0 Å². The second-order valence-corrected chi connectivity index (χ2v) is 8.57. The van der Waals surface area contributed by atoms with Gasteiger partial charge < -0.3 is 14.7 Å². The molecule has 1 atom stereocenters. The van der Waals surface area contributed by atoms with E-state index in [4.69, 9.17) is 4.74 Å². The molecule has 0 spiro atoms. The number of hydrogen-bond acceptors (Lipinski definition) is 4. The Balaban J connectivity index is 1.32. The number of benzene rings is 3. The number of carbonyl (C=O) groups is 1. The van der Waals surface area contributed by atoms with Crippen LogP contribution < -0.4 is 4.90 Å². The molecule has 5 heteroatoms. The molecule has 3 aromatic rings.